The highest BCUT2D eigenvalue weighted by molar-refractivity contribution is 7.98. The Balaban J connectivity index is 1.70. The number of nitrogens with zero attached hydrogens (tertiary/aromatic N) is 1. The number of methoxy groups -OCH3 is 1. The SMILES string of the molecule is COc1ccc(C2CCN(C(=O)C(CCSC)NS(=O)(=O)c3ccccc3)C2)cc1. The number of likely N-dealkylation sites (tertiary alicyclic amines) is 1. The Bertz CT molecular complexity index is 933. The molecule has 0 aliphatic carbocycles. The molecule has 1 N–H and O–H groups in total. The minimum absolute atomic E-state index is 0.153. The smallest absolute Gasteiger partial charge is 0.241 e. The second-order valence-electron chi connectivity index (χ2n) is 7.31. The van der Waals surface area contributed by atoms with Gasteiger partial charge in [0, 0.05) is 19.0 Å². The molecule has 1 aliphatic heterocycles. The predicted molar refractivity (Wildman–Crippen MR) is 120 cm³/mol. The van der Waals surface area contributed by atoms with Gasteiger partial charge in [-0.2, -0.15) is 16.5 Å². The Morgan fingerprint density at radius 1 is 1.20 bits per heavy atom. The molecule has 0 saturated carbocycles. The summed E-state index contributed by atoms with van der Waals surface area (Å²) in [5.74, 6) is 1.59. The van der Waals surface area contributed by atoms with Crippen LogP contribution in [0.15, 0.2) is 59.5 Å². The highest BCUT2D eigenvalue weighted by atomic mass is 32.2. The van der Waals surface area contributed by atoms with Gasteiger partial charge in [0.1, 0.15) is 11.8 Å². The molecule has 2 unspecified atom stereocenters. The van der Waals surface area contributed by atoms with E-state index in [1.807, 2.05) is 30.5 Å². The van der Waals surface area contributed by atoms with Gasteiger partial charge in [0.25, 0.3) is 0 Å². The number of benzene rings is 2. The fourth-order valence-electron chi connectivity index (χ4n) is 3.65. The minimum atomic E-state index is -3.76. The van der Waals surface area contributed by atoms with Crippen molar-refractivity contribution in [2.75, 3.05) is 32.2 Å². The van der Waals surface area contributed by atoms with Crippen LogP contribution < -0.4 is 9.46 Å². The Morgan fingerprint density at radius 2 is 1.90 bits per heavy atom. The van der Waals surface area contributed by atoms with Crippen molar-refractivity contribution in [3.05, 3.63) is 60.2 Å². The average molecular weight is 449 g/mol. The molecule has 2 aromatic rings. The van der Waals surface area contributed by atoms with Crippen LogP contribution in [0.25, 0.3) is 0 Å². The summed E-state index contributed by atoms with van der Waals surface area (Å²) in [6, 6.07) is 15.3. The van der Waals surface area contributed by atoms with E-state index in [0.717, 1.165) is 17.7 Å². The lowest BCUT2D eigenvalue weighted by atomic mass is 9.98. The fourth-order valence-corrected chi connectivity index (χ4v) is 5.37. The molecule has 1 heterocycles. The van der Waals surface area contributed by atoms with Crippen LogP contribution in [0.2, 0.25) is 0 Å². The summed E-state index contributed by atoms with van der Waals surface area (Å²) in [7, 11) is -2.12. The summed E-state index contributed by atoms with van der Waals surface area (Å²) in [5.41, 5.74) is 1.16. The first-order chi connectivity index (χ1) is 14.4. The van der Waals surface area contributed by atoms with Gasteiger partial charge in [-0.3, -0.25) is 4.79 Å². The van der Waals surface area contributed by atoms with Crippen molar-refractivity contribution in [3.63, 3.8) is 0 Å². The number of amides is 1. The fraction of sp³-hybridized carbons (Fsp3) is 0.409. The van der Waals surface area contributed by atoms with Crippen LogP contribution in [0.5, 0.6) is 5.75 Å². The molecule has 0 radical (unpaired) electrons. The molecule has 3 rings (SSSR count). The number of carbonyl (C=O) groups is 1. The highest BCUT2D eigenvalue weighted by Gasteiger charge is 2.33. The zero-order valence-electron chi connectivity index (χ0n) is 17.3. The van der Waals surface area contributed by atoms with Crippen molar-refractivity contribution in [1.82, 2.24) is 9.62 Å². The van der Waals surface area contributed by atoms with Gasteiger partial charge in [-0.25, -0.2) is 8.42 Å². The zero-order chi connectivity index (χ0) is 21.6. The van der Waals surface area contributed by atoms with E-state index in [9.17, 15) is 13.2 Å². The third-order valence-corrected chi connectivity index (χ3v) is 7.48. The van der Waals surface area contributed by atoms with Crippen molar-refractivity contribution in [1.29, 1.82) is 0 Å². The van der Waals surface area contributed by atoms with E-state index in [4.69, 9.17) is 4.74 Å². The molecular formula is C22H28N2O4S2. The van der Waals surface area contributed by atoms with Crippen molar-refractivity contribution >= 4 is 27.7 Å². The number of carbonyl (C=O) groups excluding carboxylic acids is 1. The van der Waals surface area contributed by atoms with Gasteiger partial charge in [-0.1, -0.05) is 30.3 Å². The first kappa shape index (κ1) is 22.7. The maximum Gasteiger partial charge on any atom is 0.241 e. The Morgan fingerprint density at radius 3 is 2.53 bits per heavy atom. The molecule has 0 bridgehead atoms. The molecule has 0 aromatic heterocycles. The number of thioether (sulfide) groups is 1. The lowest BCUT2D eigenvalue weighted by molar-refractivity contribution is -0.132. The second kappa shape index (κ2) is 10.3. The summed E-state index contributed by atoms with van der Waals surface area (Å²) in [5, 5.41) is 0. The van der Waals surface area contributed by atoms with Crippen LogP contribution in [0, 0.1) is 0 Å². The monoisotopic (exact) mass is 448 g/mol. The molecule has 1 saturated heterocycles. The van der Waals surface area contributed by atoms with E-state index in [-0.39, 0.29) is 16.7 Å². The van der Waals surface area contributed by atoms with Gasteiger partial charge in [-0.05, 0) is 54.7 Å². The van der Waals surface area contributed by atoms with Crippen LogP contribution >= 0.6 is 11.8 Å². The van der Waals surface area contributed by atoms with Crippen molar-refractivity contribution in [3.8, 4) is 5.75 Å². The average Bonchev–Trinajstić information content (AvgIpc) is 3.27. The normalized spacial score (nSPS) is 17.7. The van der Waals surface area contributed by atoms with Crippen LogP contribution in [0.4, 0.5) is 0 Å². The maximum atomic E-state index is 13.2. The van der Waals surface area contributed by atoms with Crippen molar-refractivity contribution in [2.24, 2.45) is 0 Å². The zero-order valence-corrected chi connectivity index (χ0v) is 18.9. The first-order valence-corrected chi connectivity index (χ1v) is 12.8. The lowest BCUT2D eigenvalue weighted by Crippen LogP contribution is -2.48. The number of ether oxygens (including phenoxy) is 1. The Hall–Kier alpha value is -2.03. The minimum Gasteiger partial charge on any atom is -0.497 e. The quantitative estimate of drug-likeness (QED) is 0.638. The predicted octanol–water partition coefficient (Wildman–Crippen LogP) is 3.11. The molecule has 30 heavy (non-hydrogen) atoms. The van der Waals surface area contributed by atoms with Gasteiger partial charge in [0.2, 0.25) is 15.9 Å². The number of rotatable bonds is 9. The molecule has 0 spiro atoms. The number of sulfonamides is 1. The van der Waals surface area contributed by atoms with Gasteiger partial charge < -0.3 is 9.64 Å². The molecule has 6 nitrogen and oxygen atoms in total. The van der Waals surface area contributed by atoms with Crippen LogP contribution in [-0.2, 0) is 14.8 Å². The van der Waals surface area contributed by atoms with E-state index in [2.05, 4.69) is 4.72 Å². The van der Waals surface area contributed by atoms with Crippen LogP contribution in [0.1, 0.15) is 24.3 Å². The highest BCUT2D eigenvalue weighted by Crippen LogP contribution is 2.29. The molecule has 1 amide bonds. The molecule has 1 aliphatic rings. The maximum absolute atomic E-state index is 13.2. The third-order valence-electron chi connectivity index (χ3n) is 5.35. The van der Waals surface area contributed by atoms with Crippen LogP contribution in [-0.4, -0.2) is 57.5 Å². The van der Waals surface area contributed by atoms with Crippen molar-refractivity contribution in [2.45, 2.75) is 29.7 Å². The molecular weight excluding hydrogens is 420 g/mol. The summed E-state index contributed by atoms with van der Waals surface area (Å²) in [6.07, 6.45) is 3.26. The summed E-state index contributed by atoms with van der Waals surface area (Å²) in [4.78, 5) is 15.2. The van der Waals surface area contributed by atoms with E-state index < -0.39 is 16.1 Å². The summed E-state index contributed by atoms with van der Waals surface area (Å²) < 4.78 is 33.4. The summed E-state index contributed by atoms with van der Waals surface area (Å²) >= 11 is 1.60. The molecule has 2 aromatic carbocycles. The number of hydrogen-bond acceptors (Lipinski definition) is 5. The largest absolute Gasteiger partial charge is 0.497 e. The van der Waals surface area contributed by atoms with Gasteiger partial charge in [-0.15, -0.1) is 0 Å². The molecule has 8 heteroatoms. The standard InChI is InChI=1S/C22H28N2O4S2/c1-28-19-10-8-17(9-11-19)18-12-14-24(16-18)22(25)21(13-15-29-2)23-30(26,27)20-6-4-3-5-7-20/h3-11,18,21,23H,12-16H2,1-2H3. The van der Waals surface area contributed by atoms with Gasteiger partial charge in [0.05, 0.1) is 12.0 Å². The van der Waals surface area contributed by atoms with E-state index in [1.54, 1.807) is 42.0 Å². The lowest BCUT2D eigenvalue weighted by Gasteiger charge is -2.24. The van der Waals surface area contributed by atoms with Crippen LogP contribution in [0.3, 0.4) is 0 Å². The van der Waals surface area contributed by atoms with Gasteiger partial charge in [0.15, 0.2) is 0 Å². The Kier molecular flexibility index (Phi) is 7.80. The van der Waals surface area contributed by atoms with E-state index >= 15 is 0 Å². The number of nitrogens with one attached hydrogen (secondary N) is 1. The van der Waals surface area contributed by atoms with E-state index in [0.29, 0.717) is 25.3 Å². The Labute approximate surface area is 183 Å². The van der Waals surface area contributed by atoms with Crippen molar-refractivity contribution < 1.29 is 17.9 Å². The summed E-state index contributed by atoms with van der Waals surface area (Å²) in [6.45, 7) is 1.21. The number of hydrogen-bond donors (Lipinski definition) is 1. The van der Waals surface area contributed by atoms with Gasteiger partial charge >= 0.3 is 0 Å². The molecule has 162 valence electrons. The second-order valence-corrected chi connectivity index (χ2v) is 10.0. The molecule has 1 fully saturated rings. The first-order valence-electron chi connectivity index (χ1n) is 9.93. The van der Waals surface area contributed by atoms with E-state index in [1.165, 1.54) is 12.1 Å². The molecule has 2 atom stereocenters. The third kappa shape index (κ3) is 5.56. The topological polar surface area (TPSA) is 75.7 Å².